The van der Waals surface area contributed by atoms with Crippen LogP contribution in [0.2, 0.25) is 0 Å². The molecule has 4 aromatic rings. The Balaban J connectivity index is 1.54. The lowest BCUT2D eigenvalue weighted by Crippen LogP contribution is -2.26. The van der Waals surface area contributed by atoms with E-state index in [1.807, 2.05) is 50.2 Å². The molecule has 0 unspecified atom stereocenters. The summed E-state index contributed by atoms with van der Waals surface area (Å²) in [6.45, 7) is 6.14. The Morgan fingerprint density at radius 1 is 1.03 bits per heavy atom. The van der Waals surface area contributed by atoms with Crippen molar-refractivity contribution in [1.29, 1.82) is 0 Å². The molecule has 1 aliphatic heterocycles. The van der Waals surface area contributed by atoms with Gasteiger partial charge in [0, 0.05) is 17.4 Å². The second-order valence-electron chi connectivity index (χ2n) is 9.06. The predicted octanol–water partition coefficient (Wildman–Crippen LogP) is 5.59. The molecule has 5 rings (SSSR count). The zero-order valence-electron chi connectivity index (χ0n) is 19.6. The first-order valence-corrected chi connectivity index (χ1v) is 11.9. The van der Waals surface area contributed by atoms with Gasteiger partial charge < -0.3 is 20.4 Å². The average molecular weight is 455 g/mol. The number of hydrogen-bond acceptors (Lipinski definition) is 5. The van der Waals surface area contributed by atoms with Gasteiger partial charge >= 0.3 is 0 Å². The van der Waals surface area contributed by atoms with Gasteiger partial charge in [0.25, 0.3) is 5.56 Å². The van der Waals surface area contributed by atoms with Gasteiger partial charge in [0.05, 0.1) is 17.2 Å². The Morgan fingerprint density at radius 2 is 1.79 bits per heavy atom. The summed E-state index contributed by atoms with van der Waals surface area (Å²) >= 11 is 0. The molecule has 6 nitrogen and oxygen atoms in total. The number of anilines is 2. The predicted molar refractivity (Wildman–Crippen MR) is 138 cm³/mol. The minimum Gasteiger partial charge on any atom is -0.490 e. The summed E-state index contributed by atoms with van der Waals surface area (Å²) in [6, 6.07) is 20.2. The number of nitrogens with one attached hydrogen (secondary N) is 3. The monoisotopic (exact) mass is 454 g/mol. The van der Waals surface area contributed by atoms with Gasteiger partial charge in [-0.25, -0.2) is 4.98 Å². The third-order valence-electron chi connectivity index (χ3n) is 6.26. The molecule has 0 aliphatic carbocycles. The summed E-state index contributed by atoms with van der Waals surface area (Å²) in [7, 11) is 0. The van der Waals surface area contributed by atoms with Crippen molar-refractivity contribution in [3.05, 3.63) is 82.8 Å². The molecule has 2 aromatic carbocycles. The number of ether oxygens (including phenoxy) is 1. The van der Waals surface area contributed by atoms with Crippen LogP contribution in [0.5, 0.6) is 5.75 Å². The third-order valence-corrected chi connectivity index (χ3v) is 6.26. The normalized spacial score (nSPS) is 14.4. The van der Waals surface area contributed by atoms with E-state index in [0.717, 1.165) is 54.0 Å². The quantitative estimate of drug-likeness (QED) is 0.354. The lowest BCUT2D eigenvalue weighted by atomic mass is 9.90. The van der Waals surface area contributed by atoms with Crippen LogP contribution in [-0.4, -0.2) is 29.2 Å². The maximum absolute atomic E-state index is 12.7. The number of aromatic nitrogens is 2. The molecule has 0 radical (unpaired) electrons. The summed E-state index contributed by atoms with van der Waals surface area (Å²) in [6.07, 6.45) is 4.03. The Hall–Kier alpha value is -3.64. The summed E-state index contributed by atoms with van der Waals surface area (Å²) in [5, 5.41) is 8.18. The van der Waals surface area contributed by atoms with Crippen molar-refractivity contribution in [2.24, 2.45) is 0 Å². The first-order valence-electron chi connectivity index (χ1n) is 11.9. The van der Waals surface area contributed by atoms with Gasteiger partial charge in [-0.15, -0.1) is 0 Å². The van der Waals surface area contributed by atoms with Crippen LogP contribution in [0.25, 0.3) is 22.0 Å². The number of rotatable bonds is 6. The third kappa shape index (κ3) is 4.68. The van der Waals surface area contributed by atoms with E-state index in [1.165, 1.54) is 5.56 Å². The molecular weight excluding hydrogens is 424 g/mol. The average Bonchev–Trinajstić information content (AvgIpc) is 2.85. The number of piperidine rings is 1. The molecule has 6 heteroatoms. The summed E-state index contributed by atoms with van der Waals surface area (Å²) in [5.41, 5.74) is 3.73. The van der Waals surface area contributed by atoms with Gasteiger partial charge in [-0.3, -0.25) is 4.79 Å². The van der Waals surface area contributed by atoms with E-state index in [2.05, 4.69) is 39.9 Å². The van der Waals surface area contributed by atoms with Gasteiger partial charge in [0.15, 0.2) is 0 Å². The molecule has 3 heterocycles. The SMILES string of the molecule is CC(C)Oc1ccccc1-c1cc2cc[nH]c(=O)c2c(Nc2ccc(C3CCNCC3)cc2)n1. The lowest BCUT2D eigenvalue weighted by Gasteiger charge is -2.23. The first-order chi connectivity index (χ1) is 16.6. The van der Waals surface area contributed by atoms with E-state index >= 15 is 0 Å². The topological polar surface area (TPSA) is 79.0 Å². The van der Waals surface area contributed by atoms with E-state index in [4.69, 9.17) is 9.72 Å². The number of nitrogens with zero attached hydrogens (tertiary/aromatic N) is 1. The Bertz CT molecular complexity index is 1340. The molecule has 1 aliphatic rings. The molecule has 34 heavy (non-hydrogen) atoms. The van der Waals surface area contributed by atoms with Crippen LogP contribution >= 0.6 is 0 Å². The second kappa shape index (κ2) is 9.69. The molecule has 0 amide bonds. The lowest BCUT2D eigenvalue weighted by molar-refractivity contribution is 0.243. The maximum atomic E-state index is 12.7. The smallest absolute Gasteiger partial charge is 0.259 e. The van der Waals surface area contributed by atoms with Crippen molar-refractivity contribution in [1.82, 2.24) is 15.3 Å². The fourth-order valence-corrected chi connectivity index (χ4v) is 4.61. The van der Waals surface area contributed by atoms with Crippen LogP contribution in [0.15, 0.2) is 71.7 Å². The molecule has 0 bridgehead atoms. The Kier molecular flexibility index (Phi) is 6.32. The molecule has 0 spiro atoms. The fraction of sp³-hybridized carbons (Fsp3) is 0.286. The van der Waals surface area contributed by atoms with Gasteiger partial charge in [0.1, 0.15) is 11.6 Å². The highest BCUT2D eigenvalue weighted by molar-refractivity contribution is 5.95. The summed E-state index contributed by atoms with van der Waals surface area (Å²) in [4.78, 5) is 20.4. The van der Waals surface area contributed by atoms with Gasteiger partial charge in [-0.1, -0.05) is 24.3 Å². The van der Waals surface area contributed by atoms with E-state index in [0.29, 0.717) is 17.1 Å². The fourth-order valence-electron chi connectivity index (χ4n) is 4.61. The number of benzene rings is 2. The molecular formula is C28H30N4O2. The zero-order chi connectivity index (χ0) is 23.5. The van der Waals surface area contributed by atoms with Crippen LogP contribution in [-0.2, 0) is 0 Å². The number of H-pyrrole nitrogens is 1. The molecule has 174 valence electrons. The molecule has 3 N–H and O–H groups in total. The highest BCUT2D eigenvalue weighted by Crippen LogP contribution is 2.34. The molecule has 0 atom stereocenters. The number of para-hydroxylation sites is 1. The molecule has 2 aromatic heterocycles. The minimum atomic E-state index is -0.169. The highest BCUT2D eigenvalue weighted by atomic mass is 16.5. The molecule has 1 saturated heterocycles. The standard InChI is InChI=1S/C28H30N4O2/c1-18(2)34-25-6-4-3-5-23(25)24-17-21-13-16-30-28(33)26(21)27(32-24)31-22-9-7-19(8-10-22)20-11-14-29-15-12-20/h3-10,13,16-18,20,29H,11-12,14-15H2,1-2H3,(H,30,33)(H,31,32). The van der Waals surface area contributed by atoms with Crippen molar-refractivity contribution in [2.75, 3.05) is 18.4 Å². The molecule has 1 fully saturated rings. The maximum Gasteiger partial charge on any atom is 0.259 e. The highest BCUT2D eigenvalue weighted by Gasteiger charge is 2.17. The van der Waals surface area contributed by atoms with Gasteiger partial charge in [-0.05, 0) is 93.0 Å². The van der Waals surface area contributed by atoms with Crippen LogP contribution in [0.4, 0.5) is 11.5 Å². The van der Waals surface area contributed by atoms with Crippen LogP contribution in [0.1, 0.15) is 38.2 Å². The largest absolute Gasteiger partial charge is 0.490 e. The van der Waals surface area contributed by atoms with Gasteiger partial charge in [-0.2, -0.15) is 0 Å². The zero-order valence-corrected chi connectivity index (χ0v) is 19.6. The van der Waals surface area contributed by atoms with Gasteiger partial charge in [0.2, 0.25) is 0 Å². The van der Waals surface area contributed by atoms with Crippen LogP contribution in [0.3, 0.4) is 0 Å². The second-order valence-corrected chi connectivity index (χ2v) is 9.06. The van der Waals surface area contributed by atoms with Crippen LogP contribution < -0.4 is 20.9 Å². The Labute approximate surface area is 199 Å². The van der Waals surface area contributed by atoms with E-state index < -0.39 is 0 Å². The van der Waals surface area contributed by atoms with Crippen molar-refractivity contribution in [3.8, 4) is 17.0 Å². The van der Waals surface area contributed by atoms with Crippen molar-refractivity contribution in [3.63, 3.8) is 0 Å². The van der Waals surface area contributed by atoms with E-state index in [-0.39, 0.29) is 11.7 Å². The van der Waals surface area contributed by atoms with Crippen molar-refractivity contribution >= 4 is 22.3 Å². The molecule has 0 saturated carbocycles. The van der Waals surface area contributed by atoms with E-state index in [9.17, 15) is 4.79 Å². The van der Waals surface area contributed by atoms with E-state index in [1.54, 1.807) is 6.20 Å². The minimum absolute atomic E-state index is 0.0421. The van der Waals surface area contributed by atoms with Crippen molar-refractivity contribution < 1.29 is 4.74 Å². The van der Waals surface area contributed by atoms with Crippen LogP contribution in [0, 0.1) is 0 Å². The number of fused-ring (bicyclic) bond motifs is 1. The number of pyridine rings is 2. The summed E-state index contributed by atoms with van der Waals surface area (Å²) < 4.78 is 6.03. The van der Waals surface area contributed by atoms with Crippen molar-refractivity contribution in [2.45, 2.75) is 38.7 Å². The summed E-state index contributed by atoms with van der Waals surface area (Å²) in [5.74, 6) is 1.90. The first kappa shape index (κ1) is 22.2. The number of aromatic amines is 1. The number of hydrogen-bond donors (Lipinski definition) is 3. The Morgan fingerprint density at radius 3 is 2.56 bits per heavy atom.